The van der Waals surface area contributed by atoms with E-state index < -0.39 is 0 Å². The maximum atomic E-state index is 12.4. The van der Waals surface area contributed by atoms with Crippen LogP contribution in [0.25, 0.3) is 0 Å². The number of hydrogen-bond donors (Lipinski definition) is 1. The number of nitrogens with two attached hydrogens (primary N) is 1. The molecule has 2 aromatic carbocycles. The number of nitrogen functional groups attached to an aromatic ring is 1. The molecule has 0 aliphatic heterocycles. The van der Waals surface area contributed by atoms with Crippen LogP contribution < -0.4 is 15.2 Å². The van der Waals surface area contributed by atoms with Crippen LogP contribution in [0.1, 0.15) is 17.5 Å². The molecule has 0 atom stereocenters. The first-order valence-corrected chi connectivity index (χ1v) is 7.83. The van der Waals surface area contributed by atoms with Crippen molar-refractivity contribution in [3.05, 3.63) is 53.6 Å². The molecule has 0 spiro atoms. The maximum absolute atomic E-state index is 12.4. The van der Waals surface area contributed by atoms with Crippen molar-refractivity contribution in [2.24, 2.45) is 0 Å². The summed E-state index contributed by atoms with van der Waals surface area (Å²) in [6, 6.07) is 13.5. The lowest BCUT2D eigenvalue weighted by atomic mass is 10.1. The molecule has 0 fully saturated rings. The number of carbonyl (C=O) groups is 1. The zero-order valence-electron chi connectivity index (χ0n) is 14.4. The molecule has 0 saturated carbocycles. The third kappa shape index (κ3) is 4.41. The van der Waals surface area contributed by atoms with E-state index in [0.717, 1.165) is 11.1 Å². The first-order chi connectivity index (χ1) is 11.5. The van der Waals surface area contributed by atoms with Gasteiger partial charge in [-0.3, -0.25) is 4.79 Å². The zero-order chi connectivity index (χ0) is 17.5. The summed E-state index contributed by atoms with van der Waals surface area (Å²) in [5.74, 6) is 1.33. The van der Waals surface area contributed by atoms with Gasteiger partial charge in [0.2, 0.25) is 5.91 Å². The fourth-order valence-corrected chi connectivity index (χ4v) is 2.57. The predicted octanol–water partition coefficient (Wildman–Crippen LogP) is 2.88. The lowest BCUT2D eigenvalue weighted by molar-refractivity contribution is -0.130. The number of nitrogens with zero attached hydrogens (tertiary/aromatic N) is 1. The molecule has 0 radical (unpaired) electrons. The number of ether oxygens (including phenoxy) is 2. The molecule has 0 saturated heterocycles. The van der Waals surface area contributed by atoms with Gasteiger partial charge in [0.15, 0.2) is 0 Å². The highest BCUT2D eigenvalue weighted by Gasteiger charge is 2.13. The highest BCUT2D eigenvalue weighted by molar-refractivity contribution is 5.76. The molecule has 0 aliphatic carbocycles. The van der Waals surface area contributed by atoms with Gasteiger partial charge in [0.1, 0.15) is 11.5 Å². The van der Waals surface area contributed by atoms with Gasteiger partial charge in [0.25, 0.3) is 0 Å². The number of amides is 1. The summed E-state index contributed by atoms with van der Waals surface area (Å²) in [6.45, 7) is 0.599. The van der Waals surface area contributed by atoms with E-state index in [1.807, 2.05) is 43.4 Å². The van der Waals surface area contributed by atoms with Crippen LogP contribution in [-0.4, -0.2) is 32.1 Å². The fraction of sp³-hybridized carbons (Fsp3) is 0.316. The SMILES string of the molecule is COc1cc(OC)c(CCC(=O)N(C)Cc2ccccc2)cc1N. The minimum Gasteiger partial charge on any atom is -0.496 e. The number of rotatable bonds is 7. The molecule has 0 aromatic heterocycles. The van der Waals surface area contributed by atoms with Crippen molar-refractivity contribution in [3.63, 3.8) is 0 Å². The van der Waals surface area contributed by atoms with Crippen molar-refractivity contribution >= 4 is 11.6 Å². The van der Waals surface area contributed by atoms with E-state index in [4.69, 9.17) is 15.2 Å². The standard InChI is InChI=1S/C19H24N2O3/c1-21(13-14-7-5-4-6-8-14)19(22)10-9-15-11-16(20)18(24-3)12-17(15)23-2/h4-8,11-12H,9-10,13,20H2,1-3H3. The Morgan fingerprint density at radius 2 is 1.75 bits per heavy atom. The Morgan fingerprint density at radius 3 is 2.38 bits per heavy atom. The molecular formula is C19H24N2O3. The van der Waals surface area contributed by atoms with E-state index in [1.54, 1.807) is 25.2 Å². The van der Waals surface area contributed by atoms with E-state index in [2.05, 4.69) is 0 Å². The predicted molar refractivity (Wildman–Crippen MR) is 95.2 cm³/mol. The number of benzene rings is 2. The van der Waals surface area contributed by atoms with Gasteiger partial charge in [-0.05, 0) is 23.6 Å². The normalized spacial score (nSPS) is 10.3. The molecule has 0 unspecified atom stereocenters. The van der Waals surface area contributed by atoms with Crippen LogP contribution in [0.2, 0.25) is 0 Å². The molecule has 0 aliphatic rings. The van der Waals surface area contributed by atoms with Crippen LogP contribution in [0.15, 0.2) is 42.5 Å². The second kappa shape index (κ2) is 8.24. The molecular weight excluding hydrogens is 304 g/mol. The Balaban J connectivity index is 1.99. The van der Waals surface area contributed by atoms with Gasteiger partial charge in [-0.25, -0.2) is 0 Å². The molecule has 2 aromatic rings. The van der Waals surface area contributed by atoms with E-state index in [-0.39, 0.29) is 5.91 Å². The molecule has 0 bridgehead atoms. The molecule has 0 heterocycles. The largest absolute Gasteiger partial charge is 0.496 e. The summed E-state index contributed by atoms with van der Waals surface area (Å²) in [6.07, 6.45) is 0.959. The van der Waals surface area contributed by atoms with Gasteiger partial charge >= 0.3 is 0 Å². The van der Waals surface area contributed by atoms with Crippen molar-refractivity contribution in [1.82, 2.24) is 4.90 Å². The maximum Gasteiger partial charge on any atom is 0.222 e. The average molecular weight is 328 g/mol. The second-order valence-electron chi connectivity index (χ2n) is 5.64. The number of methoxy groups -OCH3 is 2. The van der Waals surface area contributed by atoms with Gasteiger partial charge in [-0.2, -0.15) is 0 Å². The molecule has 5 heteroatoms. The molecule has 5 nitrogen and oxygen atoms in total. The van der Waals surface area contributed by atoms with Crippen LogP contribution in [0, 0.1) is 0 Å². The summed E-state index contributed by atoms with van der Waals surface area (Å²) in [7, 11) is 4.97. The Labute approximate surface area is 143 Å². The molecule has 2 N–H and O–H groups in total. The van der Waals surface area contributed by atoms with Crippen molar-refractivity contribution in [3.8, 4) is 11.5 Å². The van der Waals surface area contributed by atoms with Crippen molar-refractivity contribution < 1.29 is 14.3 Å². The van der Waals surface area contributed by atoms with Gasteiger partial charge in [0, 0.05) is 26.1 Å². The summed E-state index contributed by atoms with van der Waals surface area (Å²) in [5.41, 5.74) is 8.50. The monoisotopic (exact) mass is 328 g/mol. The zero-order valence-corrected chi connectivity index (χ0v) is 14.4. The van der Waals surface area contributed by atoms with Gasteiger partial charge in [-0.1, -0.05) is 30.3 Å². The van der Waals surface area contributed by atoms with E-state index in [0.29, 0.717) is 36.6 Å². The number of hydrogen-bond acceptors (Lipinski definition) is 4. The van der Waals surface area contributed by atoms with Crippen LogP contribution in [0.5, 0.6) is 11.5 Å². The van der Waals surface area contributed by atoms with Crippen molar-refractivity contribution in [1.29, 1.82) is 0 Å². The smallest absolute Gasteiger partial charge is 0.222 e. The Morgan fingerprint density at radius 1 is 1.08 bits per heavy atom. The van der Waals surface area contributed by atoms with Crippen LogP contribution in [0.4, 0.5) is 5.69 Å². The van der Waals surface area contributed by atoms with Crippen LogP contribution >= 0.6 is 0 Å². The van der Waals surface area contributed by atoms with Crippen LogP contribution in [0.3, 0.4) is 0 Å². The quantitative estimate of drug-likeness (QED) is 0.794. The molecule has 128 valence electrons. The number of anilines is 1. The Hall–Kier alpha value is -2.69. The van der Waals surface area contributed by atoms with E-state index >= 15 is 0 Å². The lowest BCUT2D eigenvalue weighted by Crippen LogP contribution is -2.26. The van der Waals surface area contributed by atoms with Crippen LogP contribution in [-0.2, 0) is 17.8 Å². The second-order valence-corrected chi connectivity index (χ2v) is 5.64. The topological polar surface area (TPSA) is 64.8 Å². The Kier molecular flexibility index (Phi) is 6.07. The molecule has 24 heavy (non-hydrogen) atoms. The number of carbonyl (C=O) groups excluding carboxylic acids is 1. The minimum atomic E-state index is 0.0790. The third-order valence-electron chi connectivity index (χ3n) is 3.93. The van der Waals surface area contributed by atoms with Crippen molar-refractivity contribution in [2.75, 3.05) is 27.0 Å². The average Bonchev–Trinajstić information content (AvgIpc) is 2.60. The van der Waals surface area contributed by atoms with Gasteiger partial charge < -0.3 is 20.1 Å². The first kappa shape index (κ1) is 17.7. The molecule has 2 rings (SSSR count). The first-order valence-electron chi connectivity index (χ1n) is 7.83. The lowest BCUT2D eigenvalue weighted by Gasteiger charge is -2.18. The van der Waals surface area contributed by atoms with Gasteiger partial charge in [-0.15, -0.1) is 0 Å². The Bertz CT molecular complexity index is 687. The minimum absolute atomic E-state index is 0.0790. The summed E-state index contributed by atoms with van der Waals surface area (Å²) >= 11 is 0. The molecule has 1 amide bonds. The summed E-state index contributed by atoms with van der Waals surface area (Å²) < 4.78 is 10.6. The highest BCUT2D eigenvalue weighted by Crippen LogP contribution is 2.31. The third-order valence-corrected chi connectivity index (χ3v) is 3.93. The van der Waals surface area contributed by atoms with Gasteiger partial charge in [0.05, 0.1) is 19.9 Å². The summed E-state index contributed by atoms with van der Waals surface area (Å²) in [4.78, 5) is 14.1. The highest BCUT2D eigenvalue weighted by atomic mass is 16.5. The van der Waals surface area contributed by atoms with E-state index in [9.17, 15) is 4.79 Å². The van der Waals surface area contributed by atoms with Crippen molar-refractivity contribution in [2.45, 2.75) is 19.4 Å². The van der Waals surface area contributed by atoms with E-state index in [1.165, 1.54) is 0 Å². The fourth-order valence-electron chi connectivity index (χ4n) is 2.57. The number of aryl methyl sites for hydroxylation is 1. The summed E-state index contributed by atoms with van der Waals surface area (Å²) in [5, 5.41) is 0.